The highest BCUT2D eigenvalue weighted by Crippen LogP contribution is 2.30. The van der Waals surface area contributed by atoms with E-state index >= 15 is 0 Å². The zero-order valence-corrected chi connectivity index (χ0v) is 22.6. The second-order valence-corrected chi connectivity index (χ2v) is 11.2. The van der Waals surface area contributed by atoms with Gasteiger partial charge >= 0.3 is 6.03 Å². The molecule has 11 heteroatoms. The van der Waals surface area contributed by atoms with E-state index in [0.29, 0.717) is 44.7 Å². The number of hydrogen-bond acceptors (Lipinski definition) is 6. The number of aryl methyl sites for hydroxylation is 1. The van der Waals surface area contributed by atoms with Crippen molar-refractivity contribution in [1.29, 1.82) is 0 Å². The van der Waals surface area contributed by atoms with Crippen molar-refractivity contribution in [1.82, 2.24) is 30.2 Å². The Morgan fingerprint density at radius 3 is 2.41 bits per heavy atom. The minimum atomic E-state index is -0.927. The third-order valence-electron chi connectivity index (χ3n) is 8.96. The quantitative estimate of drug-likeness (QED) is 0.569. The molecule has 0 atom stereocenters. The van der Waals surface area contributed by atoms with E-state index in [1.807, 2.05) is 4.90 Å². The smallest absolute Gasteiger partial charge is 0.322 e. The summed E-state index contributed by atoms with van der Waals surface area (Å²) in [5.74, 6) is -0.464. The Morgan fingerprint density at radius 1 is 0.974 bits per heavy atom. The number of imide groups is 1. The number of nitrogens with zero attached hydrogens (tertiary/aromatic N) is 5. The number of nitrogens with one attached hydrogen (secondary N) is 2. The molecular formula is C28H35N7O4. The number of piperidine rings is 1. The van der Waals surface area contributed by atoms with Crippen LogP contribution in [0.2, 0.25) is 0 Å². The van der Waals surface area contributed by atoms with Crippen LogP contribution >= 0.6 is 0 Å². The maximum atomic E-state index is 13.5. The van der Waals surface area contributed by atoms with E-state index in [2.05, 4.69) is 52.7 Å². The number of amides is 5. The van der Waals surface area contributed by atoms with Crippen LogP contribution in [-0.2, 0) is 29.0 Å². The number of urea groups is 1. The molecule has 0 unspecified atom stereocenters. The highest BCUT2D eigenvalue weighted by Gasteiger charge is 2.48. The predicted molar refractivity (Wildman–Crippen MR) is 144 cm³/mol. The highest BCUT2D eigenvalue weighted by atomic mass is 16.2. The molecule has 0 bridgehead atoms. The lowest BCUT2D eigenvalue weighted by Crippen LogP contribution is -2.55. The number of likely N-dealkylation sites (tertiary alicyclic amines) is 1. The Morgan fingerprint density at radius 2 is 1.72 bits per heavy atom. The Bertz CT molecular complexity index is 1350. The summed E-state index contributed by atoms with van der Waals surface area (Å²) in [4.78, 5) is 56.6. The molecule has 1 aromatic heterocycles. The summed E-state index contributed by atoms with van der Waals surface area (Å²) in [6.07, 6.45) is 3.25. The Labute approximate surface area is 227 Å². The minimum absolute atomic E-state index is 0.0229. The fourth-order valence-corrected chi connectivity index (χ4v) is 6.44. The van der Waals surface area contributed by atoms with Crippen LogP contribution in [0.3, 0.4) is 0 Å². The van der Waals surface area contributed by atoms with Crippen LogP contribution in [0.15, 0.2) is 18.2 Å². The predicted octanol–water partition coefficient (Wildman–Crippen LogP) is 1.15. The summed E-state index contributed by atoms with van der Waals surface area (Å²) >= 11 is 0. The maximum absolute atomic E-state index is 13.5. The molecule has 4 heterocycles. The molecule has 3 aliphatic heterocycles. The Balaban J connectivity index is 1.10. The maximum Gasteiger partial charge on any atom is 0.322 e. The molecular weight excluding hydrogens is 498 g/mol. The summed E-state index contributed by atoms with van der Waals surface area (Å²) < 4.78 is 1.74. The van der Waals surface area contributed by atoms with Gasteiger partial charge in [-0.05, 0) is 63.1 Å². The van der Waals surface area contributed by atoms with Gasteiger partial charge in [0.2, 0.25) is 5.91 Å². The van der Waals surface area contributed by atoms with Crippen LogP contribution in [0.5, 0.6) is 0 Å². The van der Waals surface area contributed by atoms with E-state index in [0.717, 1.165) is 43.6 Å². The molecule has 1 spiro atoms. The Kier molecular flexibility index (Phi) is 6.31. The molecule has 6 rings (SSSR count). The van der Waals surface area contributed by atoms with E-state index in [4.69, 9.17) is 0 Å². The van der Waals surface area contributed by atoms with Crippen molar-refractivity contribution in [2.24, 2.45) is 0 Å². The first-order valence-corrected chi connectivity index (χ1v) is 13.9. The van der Waals surface area contributed by atoms with Gasteiger partial charge in [-0.2, -0.15) is 5.10 Å². The number of aromatic nitrogens is 2. The average molecular weight is 534 g/mol. The van der Waals surface area contributed by atoms with Gasteiger partial charge in [0.1, 0.15) is 12.1 Å². The SMILES string of the molecule is Cc1cccc(N2CCN(C(=O)Cn3nc(C(=O)N4CCC5(CC4)NC(=O)NC5=O)c4c3CCC4)CC2)c1C. The molecule has 1 aliphatic carbocycles. The molecule has 2 aromatic rings. The summed E-state index contributed by atoms with van der Waals surface area (Å²) in [5.41, 5.74) is 5.20. The van der Waals surface area contributed by atoms with Crippen molar-refractivity contribution in [3.05, 3.63) is 46.3 Å². The fraction of sp³-hybridized carbons (Fsp3) is 0.536. The van der Waals surface area contributed by atoms with Gasteiger partial charge in [0.25, 0.3) is 11.8 Å². The molecule has 2 N–H and O–H groups in total. The van der Waals surface area contributed by atoms with Crippen LogP contribution < -0.4 is 15.5 Å². The third kappa shape index (κ3) is 4.43. The van der Waals surface area contributed by atoms with Crippen molar-refractivity contribution >= 4 is 29.4 Å². The molecule has 3 saturated heterocycles. The summed E-state index contributed by atoms with van der Waals surface area (Å²) in [6, 6.07) is 5.87. The number of fused-ring (bicyclic) bond motifs is 1. The van der Waals surface area contributed by atoms with E-state index in [-0.39, 0.29) is 24.3 Å². The van der Waals surface area contributed by atoms with Crippen molar-refractivity contribution < 1.29 is 19.2 Å². The largest absolute Gasteiger partial charge is 0.368 e. The van der Waals surface area contributed by atoms with Crippen LogP contribution in [-0.4, -0.2) is 88.1 Å². The van der Waals surface area contributed by atoms with Gasteiger partial charge in [-0.1, -0.05) is 12.1 Å². The zero-order chi connectivity index (χ0) is 27.3. The molecule has 5 amide bonds. The number of carbonyl (C=O) groups is 4. The van der Waals surface area contributed by atoms with Gasteiger partial charge in [-0.25, -0.2) is 4.79 Å². The van der Waals surface area contributed by atoms with Crippen molar-refractivity contribution in [2.45, 2.75) is 58.0 Å². The standard InChI is InChI=1S/C28H35N7O4/c1-18-5-3-7-21(19(18)2)32-13-15-33(16-14-32)23(36)17-35-22-8-4-6-20(22)24(31-35)25(37)34-11-9-28(10-12-34)26(38)29-27(39)30-28/h3,5,7H,4,6,8-17H2,1-2H3,(H2,29,30,38,39). The second-order valence-electron chi connectivity index (χ2n) is 11.2. The van der Waals surface area contributed by atoms with Crippen LogP contribution in [0.1, 0.15) is 52.1 Å². The lowest BCUT2D eigenvalue weighted by molar-refractivity contribution is -0.132. The molecule has 11 nitrogen and oxygen atoms in total. The fourth-order valence-electron chi connectivity index (χ4n) is 6.44. The van der Waals surface area contributed by atoms with Crippen LogP contribution in [0.4, 0.5) is 10.5 Å². The number of anilines is 1. The summed E-state index contributed by atoms with van der Waals surface area (Å²) in [5, 5.41) is 9.70. The molecule has 0 saturated carbocycles. The van der Waals surface area contributed by atoms with Gasteiger partial charge < -0.3 is 20.0 Å². The number of carbonyl (C=O) groups excluding carboxylic acids is 4. The summed E-state index contributed by atoms with van der Waals surface area (Å²) in [7, 11) is 0. The number of benzene rings is 1. The van der Waals surface area contributed by atoms with E-state index in [1.54, 1.807) is 9.58 Å². The second kappa shape index (κ2) is 9.69. The van der Waals surface area contributed by atoms with Crippen LogP contribution in [0.25, 0.3) is 0 Å². The van der Waals surface area contributed by atoms with Crippen molar-refractivity contribution in [2.75, 3.05) is 44.2 Å². The molecule has 206 valence electrons. The first-order chi connectivity index (χ1) is 18.8. The molecule has 0 radical (unpaired) electrons. The minimum Gasteiger partial charge on any atom is -0.368 e. The van der Waals surface area contributed by atoms with E-state index in [9.17, 15) is 19.2 Å². The zero-order valence-electron chi connectivity index (χ0n) is 22.6. The normalized spacial score (nSPS) is 20.3. The number of hydrogen-bond donors (Lipinski definition) is 2. The molecule has 39 heavy (non-hydrogen) atoms. The lowest BCUT2D eigenvalue weighted by atomic mass is 9.87. The Hall–Kier alpha value is -3.89. The molecule has 1 aromatic carbocycles. The first-order valence-electron chi connectivity index (χ1n) is 13.9. The monoisotopic (exact) mass is 533 g/mol. The van der Waals surface area contributed by atoms with Crippen molar-refractivity contribution in [3.63, 3.8) is 0 Å². The van der Waals surface area contributed by atoms with Gasteiger partial charge in [0.05, 0.1) is 0 Å². The van der Waals surface area contributed by atoms with E-state index < -0.39 is 11.6 Å². The molecule has 4 aliphatic rings. The van der Waals surface area contributed by atoms with Gasteiger partial charge in [-0.3, -0.25) is 24.4 Å². The molecule has 3 fully saturated rings. The van der Waals surface area contributed by atoms with Crippen molar-refractivity contribution in [3.8, 4) is 0 Å². The lowest BCUT2D eigenvalue weighted by Gasteiger charge is -2.37. The third-order valence-corrected chi connectivity index (χ3v) is 8.96. The summed E-state index contributed by atoms with van der Waals surface area (Å²) in [6.45, 7) is 7.99. The van der Waals surface area contributed by atoms with E-state index in [1.165, 1.54) is 16.8 Å². The average Bonchev–Trinajstić information content (AvgIpc) is 3.61. The number of rotatable bonds is 4. The van der Waals surface area contributed by atoms with Gasteiger partial charge in [0, 0.05) is 56.2 Å². The first kappa shape index (κ1) is 25.4. The number of piperazine rings is 1. The highest BCUT2D eigenvalue weighted by molar-refractivity contribution is 6.07. The van der Waals surface area contributed by atoms with Gasteiger partial charge in [0.15, 0.2) is 5.69 Å². The topological polar surface area (TPSA) is 120 Å². The van der Waals surface area contributed by atoms with Crippen LogP contribution in [0, 0.1) is 13.8 Å². The van der Waals surface area contributed by atoms with Gasteiger partial charge in [-0.15, -0.1) is 0 Å².